The Morgan fingerprint density at radius 3 is 2.48 bits per heavy atom. The molecule has 21 heavy (non-hydrogen) atoms. The van der Waals surface area contributed by atoms with Gasteiger partial charge in [0.25, 0.3) is 0 Å². The van der Waals surface area contributed by atoms with Crippen molar-refractivity contribution < 1.29 is 0 Å². The Morgan fingerprint density at radius 1 is 1.10 bits per heavy atom. The van der Waals surface area contributed by atoms with Crippen LogP contribution in [0.5, 0.6) is 0 Å². The van der Waals surface area contributed by atoms with Gasteiger partial charge in [0.05, 0.1) is 10.7 Å². The minimum atomic E-state index is 0.753. The third-order valence-electron chi connectivity index (χ3n) is 5.15. The van der Waals surface area contributed by atoms with E-state index in [9.17, 15) is 0 Å². The predicted octanol–water partition coefficient (Wildman–Crippen LogP) is 5.03. The number of rotatable bonds is 7. The Labute approximate surface area is 133 Å². The van der Waals surface area contributed by atoms with Crippen molar-refractivity contribution in [2.45, 2.75) is 90.1 Å². The van der Waals surface area contributed by atoms with Crippen LogP contribution in [0.15, 0.2) is 0 Å². The van der Waals surface area contributed by atoms with E-state index < -0.39 is 0 Å². The molecule has 0 atom stereocenters. The molecule has 0 bridgehead atoms. The molecule has 118 valence electrons. The molecule has 3 heteroatoms. The molecule has 0 aromatic carbocycles. The van der Waals surface area contributed by atoms with Gasteiger partial charge < -0.3 is 5.32 Å². The van der Waals surface area contributed by atoms with Gasteiger partial charge >= 0.3 is 0 Å². The molecule has 3 rings (SSSR count). The van der Waals surface area contributed by atoms with Gasteiger partial charge in [-0.2, -0.15) is 0 Å². The van der Waals surface area contributed by atoms with Gasteiger partial charge in [-0.05, 0) is 50.9 Å². The lowest BCUT2D eigenvalue weighted by Crippen LogP contribution is -2.15. The van der Waals surface area contributed by atoms with Crippen molar-refractivity contribution in [2.24, 2.45) is 5.92 Å². The largest absolute Gasteiger partial charge is 0.309 e. The molecule has 0 amide bonds. The summed E-state index contributed by atoms with van der Waals surface area (Å²) in [5.41, 5.74) is 1.36. The maximum Gasteiger partial charge on any atom is 0.0962 e. The van der Waals surface area contributed by atoms with Crippen molar-refractivity contribution in [3.05, 3.63) is 15.6 Å². The summed E-state index contributed by atoms with van der Waals surface area (Å²) < 4.78 is 0. The second-order valence-electron chi connectivity index (χ2n) is 6.94. The summed E-state index contributed by atoms with van der Waals surface area (Å²) in [5, 5.41) is 5.10. The second-order valence-corrected chi connectivity index (χ2v) is 8.05. The standard InChI is InChI=1S/C18H30N2S/c1-3-5-13-6-8-14(9-7-13)18-20-16(4-2)17(21-18)12-19-15-10-11-15/h13-15,19H,3-12H2,1-2H3. The minimum absolute atomic E-state index is 0.753. The second kappa shape index (κ2) is 7.23. The lowest BCUT2D eigenvalue weighted by atomic mass is 9.80. The first-order valence-corrected chi connectivity index (χ1v) is 9.83. The molecular formula is C18H30N2S. The normalized spacial score (nSPS) is 26.2. The minimum Gasteiger partial charge on any atom is -0.309 e. The fourth-order valence-electron chi connectivity index (χ4n) is 3.62. The Kier molecular flexibility index (Phi) is 5.33. The maximum atomic E-state index is 5.00. The fraction of sp³-hybridized carbons (Fsp3) is 0.833. The highest BCUT2D eigenvalue weighted by Gasteiger charge is 2.26. The van der Waals surface area contributed by atoms with Crippen molar-refractivity contribution in [2.75, 3.05) is 0 Å². The highest BCUT2D eigenvalue weighted by molar-refractivity contribution is 7.11. The van der Waals surface area contributed by atoms with Crippen LogP contribution in [0.3, 0.4) is 0 Å². The third kappa shape index (κ3) is 4.07. The molecule has 0 unspecified atom stereocenters. The molecule has 0 aliphatic heterocycles. The molecule has 0 saturated heterocycles. The topological polar surface area (TPSA) is 24.9 Å². The van der Waals surface area contributed by atoms with Crippen LogP contribution in [-0.2, 0) is 13.0 Å². The van der Waals surface area contributed by atoms with Crippen LogP contribution in [0, 0.1) is 5.92 Å². The summed E-state index contributed by atoms with van der Waals surface area (Å²) in [6, 6.07) is 0.796. The zero-order valence-electron chi connectivity index (χ0n) is 13.7. The molecule has 0 spiro atoms. The lowest BCUT2D eigenvalue weighted by Gasteiger charge is -2.27. The summed E-state index contributed by atoms with van der Waals surface area (Å²) in [6.07, 6.45) is 12.2. The van der Waals surface area contributed by atoms with Crippen LogP contribution < -0.4 is 5.32 Å². The van der Waals surface area contributed by atoms with Gasteiger partial charge in [0.1, 0.15) is 0 Å². The number of nitrogens with one attached hydrogen (secondary N) is 1. The fourth-order valence-corrected chi connectivity index (χ4v) is 4.90. The summed E-state index contributed by atoms with van der Waals surface area (Å²) in [7, 11) is 0. The first kappa shape index (κ1) is 15.5. The van der Waals surface area contributed by atoms with E-state index in [1.807, 2.05) is 11.3 Å². The van der Waals surface area contributed by atoms with Gasteiger partial charge in [0.2, 0.25) is 0 Å². The molecule has 2 nitrogen and oxygen atoms in total. The number of hydrogen-bond donors (Lipinski definition) is 1. The van der Waals surface area contributed by atoms with E-state index in [1.165, 1.54) is 66.9 Å². The Balaban J connectivity index is 1.59. The molecule has 2 aliphatic carbocycles. The SMILES string of the molecule is CCCC1CCC(c2nc(CC)c(CNC3CC3)s2)CC1. The van der Waals surface area contributed by atoms with E-state index >= 15 is 0 Å². The maximum absolute atomic E-state index is 5.00. The van der Waals surface area contributed by atoms with E-state index in [0.29, 0.717) is 0 Å². The van der Waals surface area contributed by atoms with Crippen LogP contribution in [0.25, 0.3) is 0 Å². The quantitative estimate of drug-likeness (QED) is 0.764. The summed E-state index contributed by atoms with van der Waals surface area (Å²) in [4.78, 5) is 6.51. The molecule has 2 aliphatic rings. The molecular weight excluding hydrogens is 276 g/mol. The van der Waals surface area contributed by atoms with Gasteiger partial charge in [-0.1, -0.05) is 26.7 Å². The van der Waals surface area contributed by atoms with Crippen molar-refractivity contribution in [1.82, 2.24) is 10.3 Å². The first-order chi connectivity index (χ1) is 10.3. The highest BCUT2D eigenvalue weighted by atomic mass is 32.1. The van der Waals surface area contributed by atoms with Crippen LogP contribution in [0.1, 0.15) is 86.7 Å². The van der Waals surface area contributed by atoms with E-state index in [1.54, 1.807) is 0 Å². The third-order valence-corrected chi connectivity index (χ3v) is 6.41. The van der Waals surface area contributed by atoms with Gasteiger partial charge in [0.15, 0.2) is 0 Å². The van der Waals surface area contributed by atoms with E-state index in [2.05, 4.69) is 19.2 Å². The molecule has 1 N–H and O–H groups in total. The molecule has 2 fully saturated rings. The average Bonchev–Trinajstić information content (AvgIpc) is 3.25. The smallest absolute Gasteiger partial charge is 0.0962 e. The lowest BCUT2D eigenvalue weighted by molar-refractivity contribution is 0.308. The predicted molar refractivity (Wildman–Crippen MR) is 91.0 cm³/mol. The van der Waals surface area contributed by atoms with Crippen LogP contribution in [0.4, 0.5) is 0 Å². The van der Waals surface area contributed by atoms with Gasteiger partial charge in [-0.3, -0.25) is 0 Å². The van der Waals surface area contributed by atoms with E-state index in [0.717, 1.165) is 30.8 Å². The van der Waals surface area contributed by atoms with E-state index in [-0.39, 0.29) is 0 Å². The molecule has 1 aromatic heterocycles. The van der Waals surface area contributed by atoms with Crippen LogP contribution in [-0.4, -0.2) is 11.0 Å². The zero-order chi connectivity index (χ0) is 14.7. The molecule has 2 saturated carbocycles. The van der Waals surface area contributed by atoms with E-state index in [4.69, 9.17) is 4.98 Å². The molecule has 0 radical (unpaired) electrons. The number of aromatic nitrogens is 1. The van der Waals surface area contributed by atoms with Crippen molar-refractivity contribution in [3.8, 4) is 0 Å². The van der Waals surface area contributed by atoms with Crippen molar-refractivity contribution >= 4 is 11.3 Å². The number of aryl methyl sites for hydroxylation is 1. The molecule has 1 heterocycles. The number of thiazole rings is 1. The average molecular weight is 307 g/mol. The summed E-state index contributed by atoms with van der Waals surface area (Å²) >= 11 is 2.00. The summed E-state index contributed by atoms with van der Waals surface area (Å²) in [5.74, 6) is 1.75. The van der Waals surface area contributed by atoms with Gasteiger partial charge in [-0.25, -0.2) is 4.98 Å². The molecule has 1 aromatic rings. The van der Waals surface area contributed by atoms with Crippen molar-refractivity contribution in [1.29, 1.82) is 0 Å². The Morgan fingerprint density at radius 2 is 1.86 bits per heavy atom. The van der Waals surface area contributed by atoms with Crippen molar-refractivity contribution in [3.63, 3.8) is 0 Å². The van der Waals surface area contributed by atoms with Crippen LogP contribution >= 0.6 is 11.3 Å². The van der Waals surface area contributed by atoms with Gasteiger partial charge in [-0.15, -0.1) is 11.3 Å². The highest BCUT2D eigenvalue weighted by Crippen LogP contribution is 2.39. The zero-order valence-corrected chi connectivity index (χ0v) is 14.5. The first-order valence-electron chi connectivity index (χ1n) is 9.02. The van der Waals surface area contributed by atoms with Crippen LogP contribution in [0.2, 0.25) is 0 Å². The Hall–Kier alpha value is -0.410. The summed E-state index contributed by atoms with van der Waals surface area (Å²) in [6.45, 7) is 5.62. The number of nitrogens with zero attached hydrogens (tertiary/aromatic N) is 1. The number of hydrogen-bond acceptors (Lipinski definition) is 3. The Bertz CT molecular complexity index is 442. The monoisotopic (exact) mass is 306 g/mol. The van der Waals surface area contributed by atoms with Gasteiger partial charge in [0, 0.05) is 23.4 Å².